The maximum atomic E-state index is 12.5. The smallest absolute Gasteiger partial charge is 0.340 e. The van der Waals surface area contributed by atoms with Gasteiger partial charge < -0.3 is 19.0 Å². The molecule has 29 heavy (non-hydrogen) atoms. The molecule has 0 unspecified atom stereocenters. The summed E-state index contributed by atoms with van der Waals surface area (Å²) in [5, 5.41) is 3.44. The largest absolute Gasteiger partial charge is 0.467 e. The van der Waals surface area contributed by atoms with Gasteiger partial charge in [0.2, 0.25) is 0 Å². The number of esters is 1. The van der Waals surface area contributed by atoms with Crippen molar-refractivity contribution in [2.75, 3.05) is 6.61 Å². The van der Waals surface area contributed by atoms with Gasteiger partial charge in [0.15, 0.2) is 6.61 Å². The third-order valence-electron chi connectivity index (χ3n) is 4.77. The van der Waals surface area contributed by atoms with E-state index in [9.17, 15) is 9.59 Å². The highest BCUT2D eigenvalue weighted by atomic mass is 35.5. The van der Waals surface area contributed by atoms with Crippen LogP contribution in [0.4, 0.5) is 0 Å². The lowest BCUT2D eigenvalue weighted by Crippen LogP contribution is -2.31. The molecule has 0 aliphatic carbocycles. The van der Waals surface area contributed by atoms with Crippen LogP contribution in [0.5, 0.6) is 0 Å². The van der Waals surface area contributed by atoms with Gasteiger partial charge >= 0.3 is 5.97 Å². The van der Waals surface area contributed by atoms with Gasteiger partial charge in [-0.3, -0.25) is 4.79 Å². The molecule has 6 nitrogen and oxygen atoms in total. The van der Waals surface area contributed by atoms with Crippen molar-refractivity contribution in [3.63, 3.8) is 0 Å². The van der Waals surface area contributed by atoms with E-state index in [0.29, 0.717) is 17.1 Å². The molecule has 7 heteroatoms. The molecule has 1 amide bonds. The molecular formula is C22H23ClN2O4. The van der Waals surface area contributed by atoms with E-state index >= 15 is 0 Å². The quantitative estimate of drug-likeness (QED) is 0.580. The summed E-state index contributed by atoms with van der Waals surface area (Å²) >= 11 is 5.88. The van der Waals surface area contributed by atoms with E-state index in [1.54, 1.807) is 24.5 Å². The van der Waals surface area contributed by atoms with Crippen molar-refractivity contribution in [1.82, 2.24) is 9.88 Å². The number of halogens is 1. The number of amides is 1. The molecule has 1 aromatic carbocycles. The van der Waals surface area contributed by atoms with Crippen LogP contribution < -0.4 is 5.32 Å². The highest BCUT2D eigenvalue weighted by Gasteiger charge is 2.19. The lowest BCUT2D eigenvalue weighted by atomic mass is 10.1. The van der Waals surface area contributed by atoms with Crippen molar-refractivity contribution >= 4 is 23.5 Å². The van der Waals surface area contributed by atoms with Crippen molar-refractivity contribution < 1.29 is 18.7 Å². The van der Waals surface area contributed by atoms with Gasteiger partial charge in [-0.15, -0.1) is 0 Å². The number of nitrogens with one attached hydrogen (secondary N) is 1. The molecule has 0 bridgehead atoms. The fraction of sp³-hybridized carbons (Fsp3) is 0.273. The minimum absolute atomic E-state index is 0.225. The molecule has 1 atom stereocenters. The molecular weight excluding hydrogens is 392 g/mol. The minimum Gasteiger partial charge on any atom is -0.467 e. The number of aromatic nitrogens is 1. The summed E-state index contributed by atoms with van der Waals surface area (Å²) in [6.07, 6.45) is 1.61. The Balaban J connectivity index is 1.57. The molecule has 3 aromatic rings. The summed E-state index contributed by atoms with van der Waals surface area (Å²) in [7, 11) is 0. The van der Waals surface area contributed by atoms with Crippen molar-refractivity contribution in [1.29, 1.82) is 0 Å². The molecule has 152 valence electrons. The number of furan rings is 1. The molecule has 2 aromatic heterocycles. The Morgan fingerprint density at radius 1 is 1.21 bits per heavy atom. The summed E-state index contributed by atoms with van der Waals surface area (Å²) < 4.78 is 12.6. The van der Waals surface area contributed by atoms with E-state index in [0.717, 1.165) is 22.7 Å². The number of benzene rings is 1. The Hall–Kier alpha value is -2.99. The van der Waals surface area contributed by atoms with E-state index < -0.39 is 5.97 Å². The van der Waals surface area contributed by atoms with Crippen molar-refractivity contribution in [3.8, 4) is 0 Å². The topological polar surface area (TPSA) is 73.5 Å². The first-order valence-electron chi connectivity index (χ1n) is 9.26. The van der Waals surface area contributed by atoms with E-state index in [2.05, 4.69) is 5.32 Å². The molecule has 0 spiro atoms. The highest BCUT2D eigenvalue weighted by molar-refractivity contribution is 6.30. The summed E-state index contributed by atoms with van der Waals surface area (Å²) in [6.45, 7) is 5.78. The van der Waals surface area contributed by atoms with Gasteiger partial charge in [-0.1, -0.05) is 23.7 Å². The molecule has 0 aliphatic rings. The van der Waals surface area contributed by atoms with Crippen molar-refractivity contribution in [2.24, 2.45) is 0 Å². The molecule has 0 saturated heterocycles. The van der Waals surface area contributed by atoms with Crippen LogP contribution >= 0.6 is 11.6 Å². The lowest BCUT2D eigenvalue weighted by molar-refractivity contribution is -0.124. The van der Waals surface area contributed by atoms with Crippen molar-refractivity contribution in [3.05, 3.63) is 82.0 Å². The number of ether oxygens (including phenoxy) is 1. The van der Waals surface area contributed by atoms with Gasteiger partial charge in [0.05, 0.1) is 24.4 Å². The normalized spacial score (nSPS) is 11.9. The minimum atomic E-state index is -0.530. The Kier molecular flexibility index (Phi) is 6.44. The average Bonchev–Trinajstić information content (AvgIpc) is 3.30. The predicted molar refractivity (Wildman–Crippen MR) is 110 cm³/mol. The first kappa shape index (κ1) is 20.7. The van der Waals surface area contributed by atoms with Crippen LogP contribution in [0.1, 0.15) is 46.0 Å². The first-order valence-corrected chi connectivity index (χ1v) is 9.64. The summed E-state index contributed by atoms with van der Waals surface area (Å²) in [4.78, 5) is 24.6. The van der Waals surface area contributed by atoms with E-state index in [1.807, 2.05) is 49.6 Å². The lowest BCUT2D eigenvalue weighted by Gasteiger charge is -2.14. The second kappa shape index (κ2) is 9.01. The number of nitrogens with zero attached hydrogens (tertiary/aromatic N) is 1. The maximum absolute atomic E-state index is 12.5. The SMILES string of the molecule is Cc1cc(C(=O)OCC(=O)N[C@H](C)c2ccc(Cl)cc2)c(C)n1Cc1ccco1. The summed E-state index contributed by atoms with van der Waals surface area (Å²) in [5.41, 5.74) is 3.02. The predicted octanol–water partition coefficient (Wildman–Crippen LogP) is 4.43. The monoisotopic (exact) mass is 414 g/mol. The molecule has 2 heterocycles. The summed E-state index contributed by atoms with van der Waals surface area (Å²) in [6, 6.07) is 12.4. The number of carbonyl (C=O) groups is 2. The van der Waals surface area contributed by atoms with Crippen LogP contribution in [-0.2, 0) is 16.1 Å². The van der Waals surface area contributed by atoms with Gasteiger partial charge in [0.1, 0.15) is 5.76 Å². The van der Waals surface area contributed by atoms with Gasteiger partial charge in [-0.05, 0) is 56.7 Å². The fourth-order valence-corrected chi connectivity index (χ4v) is 3.26. The van der Waals surface area contributed by atoms with Gasteiger partial charge in [0, 0.05) is 16.4 Å². The second-order valence-electron chi connectivity index (χ2n) is 6.87. The van der Waals surface area contributed by atoms with Gasteiger partial charge in [-0.25, -0.2) is 4.79 Å². The fourth-order valence-electron chi connectivity index (χ4n) is 3.14. The molecule has 0 fully saturated rings. The second-order valence-corrected chi connectivity index (χ2v) is 7.30. The first-order chi connectivity index (χ1) is 13.8. The highest BCUT2D eigenvalue weighted by Crippen LogP contribution is 2.19. The molecule has 0 radical (unpaired) electrons. The number of aryl methyl sites for hydroxylation is 1. The van der Waals surface area contributed by atoms with Gasteiger partial charge in [-0.2, -0.15) is 0 Å². The standard InChI is InChI=1S/C22H23ClN2O4/c1-14-11-20(16(3)25(14)12-19-5-4-10-28-19)22(27)29-13-21(26)24-15(2)17-6-8-18(23)9-7-17/h4-11,15H,12-13H2,1-3H3,(H,24,26)/t15-/m1/s1. The van der Waals surface area contributed by atoms with Crippen LogP contribution in [0.2, 0.25) is 5.02 Å². The van der Waals surface area contributed by atoms with E-state index in [-0.39, 0.29) is 18.6 Å². The molecule has 3 rings (SSSR count). The number of hydrogen-bond acceptors (Lipinski definition) is 4. The molecule has 1 N–H and O–H groups in total. The maximum Gasteiger partial charge on any atom is 0.340 e. The Morgan fingerprint density at radius 3 is 2.59 bits per heavy atom. The van der Waals surface area contributed by atoms with Crippen molar-refractivity contribution in [2.45, 2.75) is 33.4 Å². The zero-order chi connectivity index (χ0) is 21.0. The third-order valence-corrected chi connectivity index (χ3v) is 5.02. The zero-order valence-electron chi connectivity index (χ0n) is 16.6. The van der Waals surface area contributed by atoms with Crippen LogP contribution in [-0.4, -0.2) is 23.1 Å². The molecule has 0 aliphatic heterocycles. The van der Waals surface area contributed by atoms with Crippen LogP contribution in [0.25, 0.3) is 0 Å². The Labute approximate surface area is 174 Å². The number of carbonyl (C=O) groups excluding carboxylic acids is 2. The zero-order valence-corrected chi connectivity index (χ0v) is 17.3. The third kappa shape index (κ3) is 5.09. The van der Waals surface area contributed by atoms with Gasteiger partial charge in [0.25, 0.3) is 5.91 Å². The Bertz CT molecular complexity index is 991. The van der Waals surface area contributed by atoms with Crippen LogP contribution in [0, 0.1) is 13.8 Å². The Morgan fingerprint density at radius 2 is 1.93 bits per heavy atom. The average molecular weight is 415 g/mol. The number of rotatable bonds is 7. The number of hydrogen-bond donors (Lipinski definition) is 1. The van der Waals surface area contributed by atoms with Crippen LogP contribution in [0.15, 0.2) is 53.1 Å². The van der Waals surface area contributed by atoms with Crippen LogP contribution in [0.3, 0.4) is 0 Å². The van der Waals surface area contributed by atoms with E-state index in [1.165, 1.54) is 0 Å². The summed E-state index contributed by atoms with van der Waals surface area (Å²) in [5.74, 6) is -0.106. The van der Waals surface area contributed by atoms with E-state index in [4.69, 9.17) is 20.8 Å². The molecule has 0 saturated carbocycles.